The van der Waals surface area contributed by atoms with Crippen molar-refractivity contribution in [1.29, 1.82) is 0 Å². The van der Waals surface area contributed by atoms with Crippen molar-refractivity contribution in [2.75, 3.05) is 11.9 Å². The van der Waals surface area contributed by atoms with Gasteiger partial charge in [-0.2, -0.15) is 5.10 Å². The van der Waals surface area contributed by atoms with Gasteiger partial charge in [-0.15, -0.1) is 11.3 Å². The van der Waals surface area contributed by atoms with Crippen molar-refractivity contribution < 1.29 is 0 Å². The van der Waals surface area contributed by atoms with Crippen molar-refractivity contribution in [3.8, 4) is 11.1 Å². The number of hydrogen-bond acceptors (Lipinski definition) is 5. The van der Waals surface area contributed by atoms with E-state index in [4.69, 9.17) is 0 Å². The Morgan fingerprint density at radius 3 is 2.75 bits per heavy atom. The van der Waals surface area contributed by atoms with Gasteiger partial charge in [-0.05, 0) is 5.56 Å². The molecule has 0 fully saturated rings. The Morgan fingerprint density at radius 2 is 2.00 bits per heavy atom. The molecule has 120 valence electrons. The number of aryl methyl sites for hydroxylation is 1. The predicted octanol–water partition coefficient (Wildman–Crippen LogP) is 3.73. The van der Waals surface area contributed by atoms with Gasteiger partial charge in [0.1, 0.15) is 17.0 Å². The second-order valence-electron chi connectivity index (χ2n) is 5.77. The number of aromatic nitrogens is 4. The highest BCUT2D eigenvalue weighted by molar-refractivity contribution is 7.17. The highest BCUT2D eigenvalue weighted by atomic mass is 32.1. The second kappa shape index (κ2) is 6.05. The third-order valence-corrected chi connectivity index (χ3v) is 4.86. The monoisotopic (exact) mass is 335 g/mol. The summed E-state index contributed by atoms with van der Waals surface area (Å²) in [7, 11) is 3.99. The molecule has 4 aromatic rings. The molecule has 0 saturated carbocycles. The lowest BCUT2D eigenvalue weighted by Crippen LogP contribution is -2.17. The van der Waals surface area contributed by atoms with Crippen LogP contribution in [0.4, 0.5) is 5.82 Å². The maximum atomic E-state index is 4.56. The second-order valence-corrected chi connectivity index (χ2v) is 6.63. The minimum Gasteiger partial charge on any atom is -0.355 e. The van der Waals surface area contributed by atoms with Crippen LogP contribution in [0.1, 0.15) is 5.56 Å². The summed E-state index contributed by atoms with van der Waals surface area (Å²) in [6.45, 7) is 0.754. The standard InChI is InChI=1S/C18H17N5S/c1-22(9-13-8-21-23(2)10-13)17-16-15(14-6-4-3-5-7-14)11-24-18(16)20-12-19-17/h3-8,10-12H,9H2,1-2H3. The number of thiophene rings is 1. The summed E-state index contributed by atoms with van der Waals surface area (Å²) in [6, 6.07) is 10.4. The average molecular weight is 335 g/mol. The molecule has 0 N–H and O–H groups in total. The first kappa shape index (κ1) is 14.8. The van der Waals surface area contributed by atoms with E-state index in [1.807, 2.05) is 30.2 Å². The van der Waals surface area contributed by atoms with Gasteiger partial charge in [-0.25, -0.2) is 9.97 Å². The third kappa shape index (κ3) is 2.65. The van der Waals surface area contributed by atoms with Crippen LogP contribution in [-0.2, 0) is 13.6 Å². The maximum Gasteiger partial charge on any atom is 0.141 e. The van der Waals surface area contributed by atoms with E-state index in [1.165, 1.54) is 11.1 Å². The van der Waals surface area contributed by atoms with Gasteiger partial charge in [0.2, 0.25) is 0 Å². The molecule has 6 heteroatoms. The Bertz CT molecular complexity index is 973. The van der Waals surface area contributed by atoms with Crippen LogP contribution in [0.2, 0.25) is 0 Å². The van der Waals surface area contributed by atoms with E-state index in [1.54, 1.807) is 17.7 Å². The Morgan fingerprint density at radius 1 is 1.17 bits per heavy atom. The minimum absolute atomic E-state index is 0.754. The van der Waals surface area contributed by atoms with Crippen LogP contribution in [0.5, 0.6) is 0 Å². The van der Waals surface area contributed by atoms with Crippen molar-refractivity contribution in [3.05, 3.63) is 60.0 Å². The van der Waals surface area contributed by atoms with E-state index < -0.39 is 0 Å². The predicted molar refractivity (Wildman–Crippen MR) is 98.2 cm³/mol. The molecule has 4 rings (SSSR count). The Balaban J connectivity index is 1.79. The Kier molecular flexibility index (Phi) is 3.74. The molecule has 0 radical (unpaired) electrons. The summed E-state index contributed by atoms with van der Waals surface area (Å²) >= 11 is 1.66. The Hall–Kier alpha value is -2.73. The molecule has 0 aliphatic carbocycles. The number of nitrogens with zero attached hydrogens (tertiary/aromatic N) is 5. The van der Waals surface area contributed by atoms with Crippen LogP contribution in [0, 0.1) is 0 Å². The molecule has 5 nitrogen and oxygen atoms in total. The first-order chi connectivity index (χ1) is 11.7. The van der Waals surface area contributed by atoms with Gasteiger partial charge in [0.05, 0.1) is 11.6 Å². The fourth-order valence-electron chi connectivity index (χ4n) is 2.88. The average Bonchev–Trinajstić information content (AvgIpc) is 3.21. The number of anilines is 1. The number of rotatable bonds is 4. The topological polar surface area (TPSA) is 46.8 Å². The van der Waals surface area contributed by atoms with E-state index in [0.29, 0.717) is 0 Å². The molecule has 0 amide bonds. The molecule has 3 heterocycles. The Labute approximate surface area is 144 Å². The number of benzene rings is 1. The SMILES string of the molecule is CN(Cc1cnn(C)c1)c1ncnc2scc(-c3ccccc3)c12. The molecule has 3 aromatic heterocycles. The highest BCUT2D eigenvalue weighted by Crippen LogP contribution is 2.37. The smallest absolute Gasteiger partial charge is 0.141 e. The van der Waals surface area contributed by atoms with Crippen molar-refractivity contribution >= 4 is 27.4 Å². The normalized spacial score (nSPS) is 11.1. The zero-order chi connectivity index (χ0) is 16.5. The van der Waals surface area contributed by atoms with Gasteiger partial charge in [0.15, 0.2) is 0 Å². The highest BCUT2D eigenvalue weighted by Gasteiger charge is 2.16. The lowest BCUT2D eigenvalue weighted by molar-refractivity contribution is 0.766. The minimum atomic E-state index is 0.754. The van der Waals surface area contributed by atoms with Gasteiger partial charge in [0.25, 0.3) is 0 Å². The number of fused-ring (bicyclic) bond motifs is 1. The molecular weight excluding hydrogens is 318 g/mol. The molecule has 24 heavy (non-hydrogen) atoms. The first-order valence-corrected chi connectivity index (χ1v) is 8.56. The zero-order valence-corrected chi connectivity index (χ0v) is 14.4. The van der Waals surface area contributed by atoms with Crippen LogP contribution in [0.25, 0.3) is 21.3 Å². The molecular formula is C18H17N5S. The van der Waals surface area contributed by atoms with Gasteiger partial charge in [-0.3, -0.25) is 4.68 Å². The van der Waals surface area contributed by atoms with Gasteiger partial charge < -0.3 is 4.90 Å². The molecule has 0 aliphatic heterocycles. The van der Waals surface area contributed by atoms with Crippen LogP contribution >= 0.6 is 11.3 Å². The first-order valence-electron chi connectivity index (χ1n) is 7.68. The summed E-state index contributed by atoms with van der Waals surface area (Å²) < 4.78 is 1.82. The fraction of sp³-hybridized carbons (Fsp3) is 0.167. The van der Waals surface area contributed by atoms with E-state index in [9.17, 15) is 0 Å². The lowest BCUT2D eigenvalue weighted by Gasteiger charge is -2.18. The van der Waals surface area contributed by atoms with Gasteiger partial charge >= 0.3 is 0 Å². The largest absolute Gasteiger partial charge is 0.355 e. The molecule has 0 aliphatic rings. The third-order valence-electron chi connectivity index (χ3n) is 3.97. The quantitative estimate of drug-likeness (QED) is 0.570. The van der Waals surface area contributed by atoms with Crippen molar-refractivity contribution in [2.45, 2.75) is 6.54 Å². The van der Waals surface area contributed by atoms with Gasteiger partial charge in [0, 0.05) is 43.3 Å². The lowest BCUT2D eigenvalue weighted by atomic mass is 10.1. The molecule has 0 unspecified atom stereocenters. The summed E-state index contributed by atoms with van der Waals surface area (Å²) in [6.07, 6.45) is 5.56. The van der Waals surface area contributed by atoms with Crippen molar-refractivity contribution in [3.63, 3.8) is 0 Å². The van der Waals surface area contributed by atoms with Crippen molar-refractivity contribution in [2.24, 2.45) is 7.05 Å². The maximum absolute atomic E-state index is 4.56. The molecule has 0 atom stereocenters. The van der Waals surface area contributed by atoms with Crippen LogP contribution in [-0.4, -0.2) is 26.8 Å². The van der Waals surface area contributed by atoms with Crippen LogP contribution in [0.15, 0.2) is 54.4 Å². The van der Waals surface area contributed by atoms with E-state index >= 15 is 0 Å². The van der Waals surface area contributed by atoms with Crippen molar-refractivity contribution in [1.82, 2.24) is 19.7 Å². The summed E-state index contributed by atoms with van der Waals surface area (Å²) in [5.74, 6) is 0.948. The summed E-state index contributed by atoms with van der Waals surface area (Å²) in [5.41, 5.74) is 3.53. The van der Waals surface area contributed by atoms with Crippen LogP contribution in [0.3, 0.4) is 0 Å². The van der Waals surface area contributed by atoms with E-state index in [-0.39, 0.29) is 0 Å². The van der Waals surface area contributed by atoms with Gasteiger partial charge in [-0.1, -0.05) is 30.3 Å². The molecule has 1 aromatic carbocycles. The summed E-state index contributed by atoms with van der Waals surface area (Å²) in [4.78, 5) is 12.2. The van der Waals surface area contributed by atoms with Crippen LogP contribution < -0.4 is 4.90 Å². The molecule has 0 saturated heterocycles. The summed E-state index contributed by atoms with van der Waals surface area (Å²) in [5, 5.41) is 7.51. The number of hydrogen-bond donors (Lipinski definition) is 0. The zero-order valence-electron chi connectivity index (χ0n) is 13.5. The molecule has 0 spiro atoms. The fourth-order valence-corrected chi connectivity index (χ4v) is 3.79. The molecule has 0 bridgehead atoms. The van der Waals surface area contributed by atoms with E-state index in [0.717, 1.165) is 28.1 Å². The van der Waals surface area contributed by atoms with E-state index in [2.05, 4.69) is 56.7 Å².